The highest BCUT2D eigenvalue weighted by atomic mass is 19.1. The summed E-state index contributed by atoms with van der Waals surface area (Å²) in [5.74, 6) is -0.667. The molecule has 1 aromatic heterocycles. The molecule has 0 saturated carbocycles. The molecule has 0 fully saturated rings. The van der Waals surface area contributed by atoms with Crippen LogP contribution in [0.4, 0.5) is 8.78 Å². The maximum Gasteiger partial charge on any atom is 0.132 e. The number of nitrogens with one attached hydrogen (secondary N) is 1. The number of hydrogen-bond acceptors (Lipinski definition) is 2. The van der Waals surface area contributed by atoms with Crippen LogP contribution in [-0.4, -0.2) is 10.2 Å². The topological polar surface area (TPSA) is 37.9 Å². The van der Waals surface area contributed by atoms with Crippen molar-refractivity contribution in [1.29, 1.82) is 0 Å². The molecule has 106 valence electrons. The van der Waals surface area contributed by atoms with Crippen LogP contribution < -0.4 is 4.74 Å². The van der Waals surface area contributed by atoms with Crippen LogP contribution in [0.1, 0.15) is 5.56 Å². The summed E-state index contributed by atoms with van der Waals surface area (Å²) in [7, 11) is 0. The van der Waals surface area contributed by atoms with Crippen molar-refractivity contribution in [3.05, 3.63) is 72.1 Å². The van der Waals surface area contributed by atoms with E-state index in [1.165, 1.54) is 18.2 Å². The van der Waals surface area contributed by atoms with Gasteiger partial charge in [0.05, 0.1) is 11.8 Å². The summed E-state index contributed by atoms with van der Waals surface area (Å²) in [6, 6.07) is 11.0. The van der Waals surface area contributed by atoms with E-state index in [2.05, 4.69) is 10.2 Å². The number of halogens is 2. The Morgan fingerprint density at radius 2 is 1.67 bits per heavy atom. The van der Waals surface area contributed by atoms with Gasteiger partial charge in [-0.25, -0.2) is 8.78 Å². The van der Waals surface area contributed by atoms with Crippen molar-refractivity contribution in [2.75, 3.05) is 0 Å². The van der Waals surface area contributed by atoms with Crippen molar-refractivity contribution in [1.82, 2.24) is 10.2 Å². The number of hydrogen-bond donors (Lipinski definition) is 1. The molecule has 0 aliphatic carbocycles. The summed E-state index contributed by atoms with van der Waals surface area (Å²) in [5.41, 5.74) is 1.87. The average molecular weight is 286 g/mol. The normalized spacial score (nSPS) is 10.6. The number of aromatic nitrogens is 2. The minimum atomic E-state index is -0.606. The average Bonchev–Trinajstić information content (AvgIpc) is 3.02. The standard InChI is InChI=1S/C16H12F2N2O/c17-15-2-1-3-16(18)14(15)10-21-13-6-4-11(5-7-13)12-8-19-20-9-12/h1-9H,10H2,(H,19,20). The molecule has 5 heteroatoms. The first-order valence-corrected chi connectivity index (χ1v) is 6.39. The van der Waals surface area contributed by atoms with Crippen LogP contribution in [-0.2, 0) is 6.61 Å². The monoisotopic (exact) mass is 286 g/mol. The lowest BCUT2D eigenvalue weighted by Crippen LogP contribution is -2.01. The SMILES string of the molecule is Fc1cccc(F)c1COc1ccc(-c2cn[nH]c2)cc1. The third-order valence-electron chi connectivity index (χ3n) is 3.13. The second-order valence-electron chi connectivity index (χ2n) is 4.50. The summed E-state index contributed by atoms with van der Waals surface area (Å²) in [4.78, 5) is 0. The van der Waals surface area contributed by atoms with E-state index < -0.39 is 11.6 Å². The lowest BCUT2D eigenvalue weighted by atomic mass is 10.1. The molecule has 0 amide bonds. The smallest absolute Gasteiger partial charge is 0.132 e. The first-order valence-electron chi connectivity index (χ1n) is 6.39. The van der Waals surface area contributed by atoms with Gasteiger partial charge < -0.3 is 4.74 Å². The van der Waals surface area contributed by atoms with E-state index in [1.54, 1.807) is 24.5 Å². The molecule has 3 nitrogen and oxygen atoms in total. The molecule has 3 aromatic rings. The highest BCUT2D eigenvalue weighted by Gasteiger charge is 2.09. The molecular weight excluding hydrogens is 274 g/mol. The molecular formula is C16H12F2N2O. The van der Waals surface area contributed by atoms with Crippen LogP contribution in [0.3, 0.4) is 0 Å². The van der Waals surface area contributed by atoms with Gasteiger partial charge in [-0.05, 0) is 29.8 Å². The molecule has 21 heavy (non-hydrogen) atoms. The lowest BCUT2D eigenvalue weighted by Gasteiger charge is -2.08. The molecule has 0 aliphatic rings. The van der Waals surface area contributed by atoms with Crippen molar-refractivity contribution in [3.8, 4) is 16.9 Å². The molecule has 0 atom stereocenters. The van der Waals surface area contributed by atoms with Crippen molar-refractivity contribution < 1.29 is 13.5 Å². The fraction of sp³-hybridized carbons (Fsp3) is 0.0625. The minimum absolute atomic E-state index is 0.0728. The summed E-state index contributed by atoms with van der Waals surface area (Å²) in [6.45, 7) is -0.149. The van der Waals surface area contributed by atoms with Gasteiger partial charge in [0.15, 0.2) is 0 Å². The van der Waals surface area contributed by atoms with Crippen LogP contribution in [0.5, 0.6) is 5.75 Å². The first kappa shape index (κ1) is 13.3. The lowest BCUT2D eigenvalue weighted by molar-refractivity contribution is 0.292. The molecule has 0 saturated heterocycles. The Morgan fingerprint density at radius 1 is 0.952 bits per heavy atom. The maximum absolute atomic E-state index is 13.5. The van der Waals surface area contributed by atoms with E-state index in [4.69, 9.17) is 4.74 Å². The summed E-state index contributed by atoms with van der Waals surface area (Å²) >= 11 is 0. The summed E-state index contributed by atoms with van der Waals surface area (Å²) in [5, 5.41) is 6.61. The molecule has 0 unspecified atom stereocenters. The van der Waals surface area contributed by atoms with E-state index >= 15 is 0 Å². The molecule has 0 aliphatic heterocycles. The first-order chi connectivity index (χ1) is 10.2. The molecule has 3 rings (SSSR count). The van der Waals surface area contributed by atoms with E-state index in [-0.39, 0.29) is 12.2 Å². The Balaban J connectivity index is 1.71. The fourth-order valence-electron chi connectivity index (χ4n) is 1.98. The van der Waals surface area contributed by atoms with E-state index in [0.717, 1.165) is 11.1 Å². The quantitative estimate of drug-likeness (QED) is 0.789. The zero-order chi connectivity index (χ0) is 14.7. The summed E-state index contributed by atoms with van der Waals surface area (Å²) < 4.78 is 32.4. The maximum atomic E-state index is 13.5. The van der Waals surface area contributed by atoms with E-state index in [0.29, 0.717) is 5.75 Å². The number of H-pyrrole nitrogens is 1. The van der Waals surface area contributed by atoms with Crippen molar-refractivity contribution in [3.63, 3.8) is 0 Å². The minimum Gasteiger partial charge on any atom is -0.489 e. The van der Waals surface area contributed by atoms with Gasteiger partial charge >= 0.3 is 0 Å². The largest absolute Gasteiger partial charge is 0.489 e. The van der Waals surface area contributed by atoms with Gasteiger partial charge in [-0.3, -0.25) is 5.10 Å². The van der Waals surface area contributed by atoms with Gasteiger partial charge in [0.1, 0.15) is 24.0 Å². The molecule has 2 aromatic carbocycles. The van der Waals surface area contributed by atoms with Crippen LogP contribution in [0, 0.1) is 11.6 Å². The van der Waals surface area contributed by atoms with Gasteiger partial charge in [-0.1, -0.05) is 18.2 Å². The third kappa shape index (κ3) is 2.91. The highest BCUT2D eigenvalue weighted by molar-refractivity contribution is 5.62. The Labute approximate surface area is 120 Å². The van der Waals surface area contributed by atoms with Crippen LogP contribution in [0.25, 0.3) is 11.1 Å². The number of benzene rings is 2. The van der Waals surface area contributed by atoms with Crippen LogP contribution in [0.15, 0.2) is 54.9 Å². The van der Waals surface area contributed by atoms with Gasteiger partial charge in [-0.2, -0.15) is 5.10 Å². The van der Waals surface area contributed by atoms with Crippen LogP contribution >= 0.6 is 0 Å². The highest BCUT2D eigenvalue weighted by Crippen LogP contribution is 2.22. The van der Waals surface area contributed by atoms with Gasteiger partial charge in [0.25, 0.3) is 0 Å². The molecule has 0 bridgehead atoms. The number of rotatable bonds is 4. The molecule has 1 heterocycles. The van der Waals surface area contributed by atoms with Gasteiger partial charge in [0, 0.05) is 11.8 Å². The fourth-order valence-corrected chi connectivity index (χ4v) is 1.98. The molecule has 1 N–H and O–H groups in total. The van der Waals surface area contributed by atoms with Crippen LogP contribution in [0.2, 0.25) is 0 Å². The Bertz CT molecular complexity index is 704. The second kappa shape index (κ2) is 5.75. The van der Waals surface area contributed by atoms with Crippen molar-refractivity contribution in [2.45, 2.75) is 6.61 Å². The molecule has 0 radical (unpaired) electrons. The number of ether oxygens (including phenoxy) is 1. The zero-order valence-electron chi connectivity index (χ0n) is 11.0. The number of nitrogens with zero attached hydrogens (tertiary/aromatic N) is 1. The van der Waals surface area contributed by atoms with Crippen molar-refractivity contribution >= 4 is 0 Å². The van der Waals surface area contributed by atoms with Gasteiger partial charge in [-0.15, -0.1) is 0 Å². The Kier molecular flexibility index (Phi) is 3.64. The zero-order valence-corrected chi connectivity index (χ0v) is 11.0. The Hall–Kier alpha value is -2.69. The predicted octanol–water partition coefficient (Wildman–Crippen LogP) is 3.93. The third-order valence-corrected chi connectivity index (χ3v) is 3.13. The van der Waals surface area contributed by atoms with E-state index in [9.17, 15) is 8.78 Å². The Morgan fingerprint density at radius 3 is 2.29 bits per heavy atom. The molecule has 0 spiro atoms. The predicted molar refractivity (Wildman–Crippen MR) is 74.7 cm³/mol. The summed E-state index contributed by atoms with van der Waals surface area (Å²) in [6.07, 6.45) is 3.50. The second-order valence-corrected chi connectivity index (χ2v) is 4.50. The van der Waals surface area contributed by atoms with Crippen molar-refractivity contribution in [2.24, 2.45) is 0 Å². The number of aromatic amines is 1. The van der Waals surface area contributed by atoms with Gasteiger partial charge in [0.2, 0.25) is 0 Å². The van der Waals surface area contributed by atoms with E-state index in [1.807, 2.05) is 12.1 Å².